The zero-order chi connectivity index (χ0) is 12.0. The molecule has 0 aromatic carbocycles. The number of amides is 1. The van der Waals surface area contributed by atoms with E-state index in [0.717, 1.165) is 6.92 Å². The number of nitrogens with one attached hydrogen (secondary N) is 1. The number of carbonyl (C=O) groups excluding carboxylic acids is 1. The molecule has 0 aliphatic carbocycles. The van der Waals surface area contributed by atoms with Crippen LogP contribution in [-0.2, 0) is 14.4 Å². The van der Waals surface area contributed by atoms with Crippen LogP contribution < -0.4 is 5.32 Å². The zero-order valence-corrected chi connectivity index (χ0v) is 8.07. The van der Waals surface area contributed by atoms with Crippen LogP contribution in [0.25, 0.3) is 0 Å². The number of rotatable bonds is 6. The topological polar surface area (TPSA) is 104 Å². The molecular weight excluding hydrogens is 209 g/mol. The van der Waals surface area contributed by atoms with Gasteiger partial charge in [0.25, 0.3) is 5.91 Å². The summed E-state index contributed by atoms with van der Waals surface area (Å²) in [4.78, 5) is 31.5. The van der Waals surface area contributed by atoms with Crippen LogP contribution in [0.3, 0.4) is 0 Å². The monoisotopic (exact) mass is 221 g/mol. The normalized spacial score (nSPS) is 14.0. The van der Waals surface area contributed by atoms with Gasteiger partial charge in [-0.15, -0.1) is 0 Å². The largest absolute Gasteiger partial charge is 0.481 e. The van der Waals surface area contributed by atoms with Crippen LogP contribution >= 0.6 is 0 Å². The standard InChI is InChI=1S/C8H12FNO5/c1-4(9)7(13)10-5(8(14)15)2-3-6(11)12/h4-5H,2-3H2,1H3,(H,10,13)(H,11,12)(H,14,15)/t4?,5-/m0/s1. The molecule has 0 aliphatic heterocycles. The third kappa shape index (κ3) is 5.61. The average molecular weight is 221 g/mol. The molecule has 0 rings (SSSR count). The molecule has 0 bridgehead atoms. The maximum atomic E-state index is 12.4. The fourth-order valence-electron chi connectivity index (χ4n) is 0.812. The quantitative estimate of drug-likeness (QED) is 0.575. The molecule has 7 heteroatoms. The summed E-state index contributed by atoms with van der Waals surface area (Å²) in [5.41, 5.74) is 0. The maximum absolute atomic E-state index is 12.4. The first kappa shape index (κ1) is 13.3. The Morgan fingerprint density at radius 3 is 2.20 bits per heavy atom. The summed E-state index contributed by atoms with van der Waals surface area (Å²) in [5, 5.41) is 18.8. The highest BCUT2D eigenvalue weighted by Crippen LogP contribution is 1.99. The van der Waals surface area contributed by atoms with Crippen molar-refractivity contribution in [1.29, 1.82) is 0 Å². The summed E-state index contributed by atoms with van der Waals surface area (Å²) in [6, 6.07) is -1.37. The van der Waals surface area contributed by atoms with Crippen molar-refractivity contribution in [3.05, 3.63) is 0 Å². The Morgan fingerprint density at radius 1 is 1.33 bits per heavy atom. The van der Waals surface area contributed by atoms with Gasteiger partial charge in [0, 0.05) is 6.42 Å². The second-order valence-electron chi connectivity index (χ2n) is 2.95. The number of carbonyl (C=O) groups is 3. The van der Waals surface area contributed by atoms with Gasteiger partial charge in [0.2, 0.25) is 0 Å². The molecule has 0 radical (unpaired) electrons. The third-order valence-corrected chi connectivity index (χ3v) is 1.62. The molecule has 86 valence electrons. The minimum Gasteiger partial charge on any atom is -0.481 e. The average Bonchev–Trinajstić information content (AvgIpc) is 2.10. The van der Waals surface area contributed by atoms with E-state index in [4.69, 9.17) is 10.2 Å². The van der Waals surface area contributed by atoms with Crippen LogP contribution in [-0.4, -0.2) is 40.3 Å². The van der Waals surface area contributed by atoms with Gasteiger partial charge < -0.3 is 15.5 Å². The van der Waals surface area contributed by atoms with Crippen LogP contribution in [0.1, 0.15) is 19.8 Å². The molecule has 0 fully saturated rings. The van der Waals surface area contributed by atoms with Crippen molar-refractivity contribution in [1.82, 2.24) is 5.32 Å². The van der Waals surface area contributed by atoms with Gasteiger partial charge in [0.1, 0.15) is 6.04 Å². The summed E-state index contributed by atoms with van der Waals surface area (Å²) in [5.74, 6) is -3.62. The van der Waals surface area contributed by atoms with Crippen molar-refractivity contribution in [3.8, 4) is 0 Å². The van der Waals surface area contributed by atoms with Gasteiger partial charge in [-0.25, -0.2) is 9.18 Å². The predicted molar refractivity (Wildman–Crippen MR) is 47.0 cm³/mol. The van der Waals surface area contributed by atoms with Crippen LogP contribution in [0.5, 0.6) is 0 Å². The lowest BCUT2D eigenvalue weighted by Gasteiger charge is -2.13. The lowest BCUT2D eigenvalue weighted by atomic mass is 10.1. The molecule has 0 spiro atoms. The molecule has 0 heterocycles. The Balaban J connectivity index is 4.22. The van der Waals surface area contributed by atoms with E-state index in [1.54, 1.807) is 0 Å². The Bertz CT molecular complexity index is 266. The first-order valence-corrected chi connectivity index (χ1v) is 4.23. The van der Waals surface area contributed by atoms with Gasteiger partial charge in [0.05, 0.1) is 0 Å². The Hall–Kier alpha value is -1.66. The fraction of sp³-hybridized carbons (Fsp3) is 0.625. The summed E-state index contributed by atoms with van der Waals surface area (Å²) >= 11 is 0. The van der Waals surface area contributed by atoms with Crippen molar-refractivity contribution in [2.24, 2.45) is 0 Å². The molecule has 6 nitrogen and oxygen atoms in total. The number of alkyl halides is 1. The van der Waals surface area contributed by atoms with E-state index in [0.29, 0.717) is 0 Å². The van der Waals surface area contributed by atoms with E-state index in [1.165, 1.54) is 0 Å². The minimum atomic E-state index is -1.82. The van der Waals surface area contributed by atoms with Crippen LogP contribution in [0, 0.1) is 0 Å². The summed E-state index contributed by atoms with van der Waals surface area (Å²) in [6.45, 7) is 0.964. The zero-order valence-electron chi connectivity index (χ0n) is 8.07. The Morgan fingerprint density at radius 2 is 1.87 bits per heavy atom. The number of carboxylic acid groups (broad SMARTS) is 2. The van der Waals surface area contributed by atoms with Gasteiger partial charge in [-0.2, -0.15) is 0 Å². The molecular formula is C8H12FNO5. The van der Waals surface area contributed by atoms with Gasteiger partial charge >= 0.3 is 11.9 Å². The molecule has 2 atom stereocenters. The van der Waals surface area contributed by atoms with Crippen molar-refractivity contribution in [2.75, 3.05) is 0 Å². The van der Waals surface area contributed by atoms with E-state index in [9.17, 15) is 18.8 Å². The first-order chi connectivity index (χ1) is 6.84. The SMILES string of the molecule is CC(F)C(=O)N[C@@H](CCC(=O)O)C(=O)O. The highest BCUT2D eigenvalue weighted by Gasteiger charge is 2.23. The molecule has 0 aromatic heterocycles. The molecule has 1 amide bonds. The number of carboxylic acids is 2. The van der Waals surface area contributed by atoms with Crippen molar-refractivity contribution >= 4 is 17.8 Å². The maximum Gasteiger partial charge on any atom is 0.326 e. The lowest BCUT2D eigenvalue weighted by molar-refractivity contribution is -0.143. The molecule has 0 saturated heterocycles. The van der Waals surface area contributed by atoms with Gasteiger partial charge in [-0.05, 0) is 13.3 Å². The number of hydrogen-bond donors (Lipinski definition) is 3. The summed E-state index contributed by atoms with van der Waals surface area (Å²) < 4.78 is 12.4. The smallest absolute Gasteiger partial charge is 0.326 e. The third-order valence-electron chi connectivity index (χ3n) is 1.62. The molecule has 3 N–H and O–H groups in total. The molecule has 0 aliphatic rings. The first-order valence-electron chi connectivity index (χ1n) is 4.23. The van der Waals surface area contributed by atoms with Crippen molar-refractivity contribution < 1.29 is 29.0 Å². The van der Waals surface area contributed by atoms with Gasteiger partial charge in [0.15, 0.2) is 6.17 Å². The highest BCUT2D eigenvalue weighted by molar-refractivity contribution is 5.86. The van der Waals surface area contributed by atoms with Crippen LogP contribution in [0.2, 0.25) is 0 Å². The van der Waals surface area contributed by atoms with E-state index in [2.05, 4.69) is 0 Å². The lowest BCUT2D eigenvalue weighted by Crippen LogP contribution is -2.43. The Kier molecular flexibility index (Phi) is 5.29. The summed E-state index contributed by atoms with van der Waals surface area (Å²) in [7, 11) is 0. The van der Waals surface area contributed by atoms with Crippen molar-refractivity contribution in [3.63, 3.8) is 0 Å². The molecule has 15 heavy (non-hydrogen) atoms. The van der Waals surface area contributed by atoms with E-state index in [-0.39, 0.29) is 6.42 Å². The molecule has 0 aromatic rings. The number of hydrogen-bond acceptors (Lipinski definition) is 3. The van der Waals surface area contributed by atoms with Crippen LogP contribution in [0.15, 0.2) is 0 Å². The van der Waals surface area contributed by atoms with Crippen LogP contribution in [0.4, 0.5) is 4.39 Å². The van der Waals surface area contributed by atoms with Crippen molar-refractivity contribution in [2.45, 2.75) is 32.0 Å². The fourth-order valence-corrected chi connectivity index (χ4v) is 0.812. The predicted octanol–water partition coefficient (Wildman–Crippen LogP) is -0.221. The molecule has 0 saturated carbocycles. The van der Waals surface area contributed by atoms with Gasteiger partial charge in [-0.3, -0.25) is 9.59 Å². The Labute approximate surface area is 85.1 Å². The second-order valence-corrected chi connectivity index (χ2v) is 2.95. The van der Waals surface area contributed by atoms with E-state index < -0.39 is 36.5 Å². The number of aliphatic carboxylic acids is 2. The second kappa shape index (κ2) is 5.94. The minimum absolute atomic E-state index is 0.275. The number of halogens is 1. The van der Waals surface area contributed by atoms with Gasteiger partial charge in [-0.1, -0.05) is 0 Å². The van der Waals surface area contributed by atoms with E-state index >= 15 is 0 Å². The molecule has 1 unspecified atom stereocenters. The highest BCUT2D eigenvalue weighted by atomic mass is 19.1. The summed E-state index contributed by atoms with van der Waals surface area (Å²) in [6.07, 6.45) is -2.50. The van der Waals surface area contributed by atoms with E-state index in [1.807, 2.05) is 5.32 Å².